The molecule has 0 radical (unpaired) electrons. The fourth-order valence-corrected chi connectivity index (χ4v) is 2.90. The van der Waals surface area contributed by atoms with Crippen LogP contribution in [0.2, 0.25) is 0 Å². The Kier molecular flexibility index (Phi) is 4.44. The van der Waals surface area contributed by atoms with Crippen LogP contribution in [0.25, 0.3) is 0 Å². The van der Waals surface area contributed by atoms with Gasteiger partial charge in [0.1, 0.15) is 11.5 Å². The van der Waals surface area contributed by atoms with Crippen molar-refractivity contribution < 1.29 is 9.15 Å². The summed E-state index contributed by atoms with van der Waals surface area (Å²) in [5, 5.41) is 3.56. The fraction of sp³-hybridized carbons (Fsp3) is 0.750. The van der Waals surface area contributed by atoms with Crippen molar-refractivity contribution in [3.63, 3.8) is 0 Å². The first-order chi connectivity index (χ1) is 9.69. The maximum absolute atomic E-state index is 6.12. The van der Waals surface area contributed by atoms with Crippen LogP contribution in [0.3, 0.4) is 0 Å². The zero-order chi connectivity index (χ0) is 13.9. The molecule has 0 aromatic carbocycles. The van der Waals surface area contributed by atoms with E-state index in [9.17, 15) is 0 Å². The first kappa shape index (κ1) is 14.1. The second-order valence-electron chi connectivity index (χ2n) is 6.35. The second-order valence-corrected chi connectivity index (χ2v) is 6.35. The molecule has 2 aliphatic rings. The summed E-state index contributed by atoms with van der Waals surface area (Å²) >= 11 is 0. The predicted molar refractivity (Wildman–Crippen MR) is 78.7 cm³/mol. The van der Waals surface area contributed by atoms with Gasteiger partial charge in [0, 0.05) is 19.1 Å². The number of nitrogens with zero attached hydrogens (tertiary/aromatic N) is 1. The summed E-state index contributed by atoms with van der Waals surface area (Å²) in [7, 11) is 2.14. The molecule has 1 aliphatic heterocycles. The summed E-state index contributed by atoms with van der Waals surface area (Å²) in [4.78, 5) is 2.29. The van der Waals surface area contributed by atoms with Crippen LogP contribution in [0, 0.1) is 6.92 Å². The van der Waals surface area contributed by atoms with Gasteiger partial charge in [-0.15, -0.1) is 0 Å². The number of hydrogen-bond donors (Lipinski definition) is 1. The van der Waals surface area contributed by atoms with Crippen LogP contribution in [-0.2, 0) is 11.3 Å². The van der Waals surface area contributed by atoms with Gasteiger partial charge in [-0.2, -0.15) is 0 Å². The van der Waals surface area contributed by atoms with Crippen molar-refractivity contribution in [1.82, 2.24) is 10.2 Å². The van der Waals surface area contributed by atoms with Gasteiger partial charge in [-0.05, 0) is 51.8 Å². The number of likely N-dealkylation sites (N-methyl/N-ethyl adjacent to an activating group) is 1. The van der Waals surface area contributed by atoms with E-state index in [4.69, 9.17) is 9.15 Å². The third-order valence-corrected chi connectivity index (χ3v) is 4.14. The van der Waals surface area contributed by atoms with E-state index in [1.165, 1.54) is 25.7 Å². The van der Waals surface area contributed by atoms with Crippen molar-refractivity contribution in [2.75, 3.05) is 20.1 Å². The highest BCUT2D eigenvalue weighted by molar-refractivity contribution is 5.05. The molecular weight excluding hydrogens is 252 g/mol. The van der Waals surface area contributed by atoms with Gasteiger partial charge < -0.3 is 14.5 Å². The van der Waals surface area contributed by atoms with Crippen LogP contribution in [0.1, 0.15) is 37.2 Å². The van der Waals surface area contributed by atoms with Crippen molar-refractivity contribution in [1.29, 1.82) is 0 Å². The molecule has 2 heterocycles. The second kappa shape index (κ2) is 6.29. The van der Waals surface area contributed by atoms with Crippen molar-refractivity contribution in [2.24, 2.45) is 0 Å². The lowest BCUT2D eigenvalue weighted by atomic mass is 10.2. The first-order valence-electron chi connectivity index (χ1n) is 7.82. The Morgan fingerprint density at radius 2 is 2.00 bits per heavy atom. The Balaban J connectivity index is 1.37. The highest BCUT2D eigenvalue weighted by Gasteiger charge is 2.28. The number of hydrogen-bond acceptors (Lipinski definition) is 4. The molecule has 1 aromatic heterocycles. The summed E-state index contributed by atoms with van der Waals surface area (Å²) in [5.74, 6) is 2.02. The van der Waals surface area contributed by atoms with Crippen LogP contribution in [0.4, 0.5) is 0 Å². The molecule has 1 saturated carbocycles. The van der Waals surface area contributed by atoms with Gasteiger partial charge in [0.15, 0.2) is 0 Å². The molecule has 1 N–H and O–H groups in total. The monoisotopic (exact) mass is 278 g/mol. The summed E-state index contributed by atoms with van der Waals surface area (Å²) in [6.45, 7) is 4.86. The normalized spacial score (nSPS) is 26.6. The van der Waals surface area contributed by atoms with Gasteiger partial charge in [0.2, 0.25) is 0 Å². The molecule has 0 spiro atoms. The zero-order valence-electron chi connectivity index (χ0n) is 12.6. The largest absolute Gasteiger partial charge is 0.465 e. The Morgan fingerprint density at radius 1 is 1.20 bits per heavy atom. The van der Waals surface area contributed by atoms with Crippen LogP contribution < -0.4 is 5.32 Å². The molecule has 20 heavy (non-hydrogen) atoms. The van der Waals surface area contributed by atoms with Crippen LogP contribution in [0.5, 0.6) is 0 Å². The fourth-order valence-electron chi connectivity index (χ4n) is 2.90. The van der Waals surface area contributed by atoms with E-state index in [0.717, 1.165) is 37.2 Å². The molecule has 1 saturated heterocycles. The van der Waals surface area contributed by atoms with Gasteiger partial charge >= 0.3 is 0 Å². The molecule has 2 atom stereocenters. The van der Waals surface area contributed by atoms with E-state index in [1.807, 2.05) is 13.0 Å². The van der Waals surface area contributed by atoms with Crippen molar-refractivity contribution in [3.05, 3.63) is 23.7 Å². The molecule has 2 fully saturated rings. The smallest absolute Gasteiger partial charge is 0.118 e. The van der Waals surface area contributed by atoms with E-state index in [1.54, 1.807) is 0 Å². The van der Waals surface area contributed by atoms with Crippen LogP contribution >= 0.6 is 0 Å². The summed E-state index contributed by atoms with van der Waals surface area (Å²) in [6, 6.07) is 4.86. The Morgan fingerprint density at radius 3 is 2.70 bits per heavy atom. The highest BCUT2D eigenvalue weighted by atomic mass is 16.5. The molecular formula is C16H26N2O2. The molecule has 1 aliphatic carbocycles. The molecule has 4 heteroatoms. The Hall–Kier alpha value is -0.840. The van der Waals surface area contributed by atoms with Crippen molar-refractivity contribution >= 4 is 0 Å². The van der Waals surface area contributed by atoms with Gasteiger partial charge in [-0.3, -0.25) is 4.90 Å². The van der Waals surface area contributed by atoms with Crippen LogP contribution in [-0.4, -0.2) is 43.3 Å². The average Bonchev–Trinajstić information content (AvgIpc) is 3.00. The van der Waals surface area contributed by atoms with E-state index in [2.05, 4.69) is 23.3 Å². The van der Waals surface area contributed by atoms with Gasteiger partial charge in [0.05, 0.1) is 18.8 Å². The number of nitrogens with one attached hydrogen (secondary N) is 1. The third kappa shape index (κ3) is 4.08. The quantitative estimate of drug-likeness (QED) is 0.830. The standard InChI is InChI=1S/C16H26N2O2/c1-12-3-6-15(19-12)10-18(2)11-16-8-7-14(20-16)9-17-13-4-5-13/h3,6,13-14,16-17H,4-5,7-11H2,1-2H3. The lowest BCUT2D eigenvalue weighted by Crippen LogP contribution is -2.32. The lowest BCUT2D eigenvalue weighted by molar-refractivity contribution is 0.0256. The lowest BCUT2D eigenvalue weighted by Gasteiger charge is -2.20. The van der Waals surface area contributed by atoms with E-state index in [-0.39, 0.29) is 0 Å². The number of aryl methyl sites for hydroxylation is 1. The maximum Gasteiger partial charge on any atom is 0.118 e. The third-order valence-electron chi connectivity index (χ3n) is 4.14. The van der Waals surface area contributed by atoms with Crippen LogP contribution in [0.15, 0.2) is 16.5 Å². The Bertz CT molecular complexity index is 428. The number of rotatable bonds is 7. The van der Waals surface area contributed by atoms with E-state index >= 15 is 0 Å². The van der Waals surface area contributed by atoms with E-state index in [0.29, 0.717) is 12.2 Å². The summed E-state index contributed by atoms with van der Waals surface area (Å²) in [5.41, 5.74) is 0. The summed E-state index contributed by atoms with van der Waals surface area (Å²) < 4.78 is 11.7. The first-order valence-corrected chi connectivity index (χ1v) is 7.82. The minimum absolute atomic E-state index is 0.377. The molecule has 3 rings (SSSR count). The Labute approximate surface area is 121 Å². The molecule has 2 unspecified atom stereocenters. The topological polar surface area (TPSA) is 37.6 Å². The van der Waals surface area contributed by atoms with Crippen molar-refractivity contribution in [3.8, 4) is 0 Å². The molecule has 1 aromatic rings. The number of furan rings is 1. The number of ether oxygens (including phenoxy) is 1. The van der Waals surface area contributed by atoms with Gasteiger partial charge in [-0.25, -0.2) is 0 Å². The maximum atomic E-state index is 6.12. The summed E-state index contributed by atoms with van der Waals surface area (Å²) in [6.07, 6.45) is 5.86. The predicted octanol–water partition coefficient (Wildman–Crippen LogP) is 2.32. The molecule has 0 amide bonds. The molecule has 4 nitrogen and oxygen atoms in total. The minimum Gasteiger partial charge on any atom is -0.465 e. The minimum atomic E-state index is 0.377. The highest BCUT2D eigenvalue weighted by Crippen LogP contribution is 2.23. The van der Waals surface area contributed by atoms with Crippen molar-refractivity contribution in [2.45, 2.75) is 57.4 Å². The molecule has 112 valence electrons. The molecule has 0 bridgehead atoms. The average molecular weight is 278 g/mol. The van der Waals surface area contributed by atoms with Gasteiger partial charge in [0.25, 0.3) is 0 Å². The van der Waals surface area contributed by atoms with Gasteiger partial charge in [-0.1, -0.05) is 0 Å². The SMILES string of the molecule is Cc1ccc(CN(C)CC2CCC(CNC3CC3)O2)o1. The zero-order valence-corrected chi connectivity index (χ0v) is 12.6. The van der Waals surface area contributed by atoms with E-state index < -0.39 is 0 Å².